The van der Waals surface area contributed by atoms with E-state index in [0.29, 0.717) is 24.3 Å². The lowest BCUT2D eigenvalue weighted by Crippen LogP contribution is -2.61. The Morgan fingerprint density at radius 1 is 1.14 bits per heavy atom. The second-order valence-corrected chi connectivity index (χ2v) is 8.08. The van der Waals surface area contributed by atoms with Gasteiger partial charge in [0, 0.05) is 6.42 Å². The van der Waals surface area contributed by atoms with Crippen molar-refractivity contribution in [1.29, 1.82) is 21.2 Å². The number of nitrogens with zero attached hydrogens (tertiary/aromatic N) is 3. The van der Waals surface area contributed by atoms with Crippen LogP contribution in [0.25, 0.3) is 0 Å². The summed E-state index contributed by atoms with van der Waals surface area (Å²) in [7, 11) is 0. The highest BCUT2D eigenvalue weighted by Gasteiger charge is 2.80. The third-order valence-corrected chi connectivity index (χ3v) is 6.82. The van der Waals surface area contributed by atoms with Crippen LogP contribution in [0.5, 0.6) is 0 Å². The number of rotatable bonds is 3. The van der Waals surface area contributed by atoms with Crippen LogP contribution in [-0.4, -0.2) is 11.7 Å². The molecule has 0 amide bonds. The van der Waals surface area contributed by atoms with Crippen LogP contribution in [0, 0.1) is 62.1 Å². The van der Waals surface area contributed by atoms with E-state index in [9.17, 15) is 15.8 Å². The molecule has 1 N–H and O–H groups in total. The van der Waals surface area contributed by atoms with Crippen molar-refractivity contribution in [3.05, 3.63) is 35.9 Å². The third-order valence-electron chi connectivity index (χ3n) is 6.82. The molecular formula is C22H22N4O2. The standard InChI is InChI=1S/C22H22N4O2/c1-2-6-15-9-10-22-17(11-15)21(14-25,19(26)28-22)20(12-23,13-24)18(27-22)16-7-4-3-5-8-16/h3-5,7-8,15,17-18,26H,2,6,9-11H2,1H3. The van der Waals surface area contributed by atoms with E-state index in [4.69, 9.17) is 14.9 Å². The van der Waals surface area contributed by atoms with Gasteiger partial charge in [-0.1, -0.05) is 50.1 Å². The van der Waals surface area contributed by atoms with Gasteiger partial charge in [0.2, 0.25) is 17.1 Å². The van der Waals surface area contributed by atoms with Crippen molar-refractivity contribution in [2.24, 2.45) is 22.7 Å². The highest BCUT2D eigenvalue weighted by atomic mass is 16.7. The molecule has 1 aromatic rings. The van der Waals surface area contributed by atoms with E-state index in [1.807, 2.05) is 18.2 Å². The lowest BCUT2D eigenvalue weighted by atomic mass is 9.50. The van der Waals surface area contributed by atoms with Crippen LogP contribution in [0.4, 0.5) is 0 Å². The quantitative estimate of drug-likeness (QED) is 0.850. The first-order valence-electron chi connectivity index (χ1n) is 9.78. The Morgan fingerprint density at radius 2 is 1.86 bits per heavy atom. The van der Waals surface area contributed by atoms with Gasteiger partial charge in [-0.3, -0.25) is 5.41 Å². The fraction of sp³-hybridized carbons (Fsp3) is 0.545. The average molecular weight is 374 g/mol. The minimum atomic E-state index is -1.85. The maximum atomic E-state index is 10.3. The molecule has 0 aromatic heterocycles. The Bertz CT molecular complexity index is 911. The number of nitrogens with one attached hydrogen (secondary N) is 1. The monoisotopic (exact) mass is 374 g/mol. The smallest absolute Gasteiger partial charge is 0.217 e. The molecule has 2 aliphatic heterocycles. The SMILES string of the molecule is CCCC1CCC23OC(=N)C(C#N)(C2C1)C(C#N)(C#N)C(c1ccccc1)O3. The molecule has 6 nitrogen and oxygen atoms in total. The molecule has 28 heavy (non-hydrogen) atoms. The minimum absolute atomic E-state index is 0.293. The first-order chi connectivity index (χ1) is 13.5. The van der Waals surface area contributed by atoms with Crippen LogP contribution in [0.1, 0.15) is 50.7 Å². The lowest BCUT2D eigenvalue weighted by molar-refractivity contribution is -0.299. The summed E-state index contributed by atoms with van der Waals surface area (Å²) >= 11 is 0. The topological polar surface area (TPSA) is 114 Å². The van der Waals surface area contributed by atoms with Gasteiger partial charge in [-0.05, 0) is 24.3 Å². The van der Waals surface area contributed by atoms with Crippen molar-refractivity contribution in [1.82, 2.24) is 0 Å². The lowest BCUT2D eigenvalue weighted by Gasteiger charge is -2.52. The van der Waals surface area contributed by atoms with Crippen molar-refractivity contribution in [2.75, 3.05) is 0 Å². The molecule has 1 saturated carbocycles. The van der Waals surface area contributed by atoms with Crippen LogP contribution < -0.4 is 0 Å². The highest BCUT2D eigenvalue weighted by Crippen LogP contribution is 2.70. The van der Waals surface area contributed by atoms with Crippen molar-refractivity contribution in [3.8, 4) is 18.2 Å². The van der Waals surface area contributed by atoms with Crippen LogP contribution >= 0.6 is 0 Å². The summed E-state index contributed by atoms with van der Waals surface area (Å²) in [6.07, 6.45) is 3.14. The van der Waals surface area contributed by atoms with Crippen molar-refractivity contribution in [3.63, 3.8) is 0 Å². The largest absolute Gasteiger partial charge is 0.447 e. The van der Waals surface area contributed by atoms with Gasteiger partial charge in [0.15, 0.2) is 5.41 Å². The fourth-order valence-corrected chi connectivity index (χ4v) is 5.52. The summed E-state index contributed by atoms with van der Waals surface area (Å²) in [5.74, 6) is -1.53. The molecule has 5 unspecified atom stereocenters. The molecule has 6 heteroatoms. The number of hydrogen-bond donors (Lipinski definition) is 1. The van der Waals surface area contributed by atoms with E-state index in [1.165, 1.54) is 0 Å². The Kier molecular flexibility index (Phi) is 4.18. The van der Waals surface area contributed by atoms with Gasteiger partial charge in [-0.2, -0.15) is 15.8 Å². The summed E-state index contributed by atoms with van der Waals surface area (Å²) in [6.45, 7) is 2.12. The second kappa shape index (κ2) is 6.33. The van der Waals surface area contributed by atoms with Gasteiger partial charge in [-0.15, -0.1) is 0 Å². The second-order valence-electron chi connectivity index (χ2n) is 8.08. The number of benzene rings is 1. The summed E-state index contributed by atoms with van der Waals surface area (Å²) in [5.41, 5.74) is -2.84. The number of hydrogen-bond acceptors (Lipinski definition) is 6. The number of ether oxygens (including phenoxy) is 2. The Morgan fingerprint density at radius 3 is 2.46 bits per heavy atom. The zero-order chi connectivity index (χ0) is 20.0. The van der Waals surface area contributed by atoms with Gasteiger partial charge in [0.1, 0.15) is 6.10 Å². The van der Waals surface area contributed by atoms with E-state index >= 15 is 0 Å². The summed E-state index contributed by atoms with van der Waals surface area (Å²) in [4.78, 5) is 0. The number of nitriles is 3. The van der Waals surface area contributed by atoms with Crippen molar-refractivity contribution >= 4 is 5.90 Å². The predicted octanol–water partition coefficient (Wildman–Crippen LogP) is 4.22. The molecule has 1 aliphatic carbocycles. The molecule has 0 radical (unpaired) electrons. The zero-order valence-electron chi connectivity index (χ0n) is 15.8. The minimum Gasteiger partial charge on any atom is -0.447 e. The third kappa shape index (κ3) is 2.06. The molecule has 0 spiro atoms. The first-order valence-corrected chi connectivity index (χ1v) is 9.78. The molecule has 3 aliphatic rings. The predicted molar refractivity (Wildman–Crippen MR) is 99.3 cm³/mol. The molecule has 2 heterocycles. The van der Waals surface area contributed by atoms with Gasteiger partial charge in [0.25, 0.3) is 0 Å². The van der Waals surface area contributed by atoms with Crippen LogP contribution in [0.3, 0.4) is 0 Å². The zero-order valence-corrected chi connectivity index (χ0v) is 15.8. The molecule has 142 valence electrons. The van der Waals surface area contributed by atoms with Gasteiger partial charge >= 0.3 is 0 Å². The van der Waals surface area contributed by atoms with Crippen LogP contribution in [0.2, 0.25) is 0 Å². The Balaban J connectivity index is 1.93. The molecular weight excluding hydrogens is 352 g/mol. The highest BCUT2D eigenvalue weighted by molar-refractivity contribution is 5.89. The van der Waals surface area contributed by atoms with E-state index in [1.54, 1.807) is 12.1 Å². The fourth-order valence-electron chi connectivity index (χ4n) is 5.52. The van der Waals surface area contributed by atoms with E-state index in [0.717, 1.165) is 19.3 Å². The maximum absolute atomic E-state index is 10.3. The van der Waals surface area contributed by atoms with Gasteiger partial charge < -0.3 is 9.47 Å². The summed E-state index contributed by atoms with van der Waals surface area (Å²) < 4.78 is 12.4. The van der Waals surface area contributed by atoms with E-state index < -0.39 is 28.6 Å². The van der Waals surface area contributed by atoms with Crippen molar-refractivity contribution < 1.29 is 9.47 Å². The summed E-state index contributed by atoms with van der Waals surface area (Å²) in [5, 5.41) is 39.3. The van der Waals surface area contributed by atoms with E-state index in [2.05, 4.69) is 25.1 Å². The molecule has 3 fully saturated rings. The first kappa shape index (κ1) is 18.5. The average Bonchev–Trinajstić information content (AvgIpc) is 2.93. The molecule has 1 aromatic carbocycles. The van der Waals surface area contributed by atoms with Crippen LogP contribution in [-0.2, 0) is 9.47 Å². The normalized spacial score (nSPS) is 37.6. The maximum Gasteiger partial charge on any atom is 0.217 e. The molecule has 2 saturated heterocycles. The summed E-state index contributed by atoms with van der Waals surface area (Å²) in [6, 6.07) is 15.5. The van der Waals surface area contributed by atoms with E-state index in [-0.39, 0.29) is 5.90 Å². The molecule has 4 rings (SSSR count). The van der Waals surface area contributed by atoms with Crippen molar-refractivity contribution in [2.45, 2.75) is 50.9 Å². The van der Waals surface area contributed by atoms with Gasteiger partial charge in [-0.25, -0.2) is 0 Å². The Labute approximate surface area is 164 Å². The van der Waals surface area contributed by atoms with Crippen LogP contribution in [0.15, 0.2) is 30.3 Å². The Hall–Kier alpha value is -2.88. The molecule has 5 atom stereocenters. The molecule has 2 bridgehead atoms. The van der Waals surface area contributed by atoms with Gasteiger partial charge in [0.05, 0.1) is 24.1 Å².